The zero-order valence-corrected chi connectivity index (χ0v) is 15.2. The molecule has 9 nitrogen and oxygen atoms in total. The van der Waals surface area contributed by atoms with Gasteiger partial charge in [0.2, 0.25) is 0 Å². The number of hydrogen-bond acceptors (Lipinski definition) is 6. The molecule has 0 bridgehead atoms. The summed E-state index contributed by atoms with van der Waals surface area (Å²) in [4.78, 5) is 38.8. The lowest BCUT2D eigenvalue weighted by Gasteiger charge is -2.23. The van der Waals surface area contributed by atoms with Gasteiger partial charge >= 0.3 is 11.7 Å². The van der Waals surface area contributed by atoms with Crippen molar-refractivity contribution in [3.63, 3.8) is 0 Å². The van der Waals surface area contributed by atoms with Gasteiger partial charge in [0, 0.05) is 5.56 Å². The van der Waals surface area contributed by atoms with Crippen LogP contribution in [-0.2, 0) is 10.3 Å². The van der Waals surface area contributed by atoms with Crippen LogP contribution in [0.2, 0.25) is 0 Å². The molecule has 3 aromatic rings. The van der Waals surface area contributed by atoms with Gasteiger partial charge in [-0.1, -0.05) is 11.3 Å². The summed E-state index contributed by atoms with van der Waals surface area (Å²) in [5, 5.41) is 18.0. The zero-order chi connectivity index (χ0) is 19.4. The molecule has 1 atom stereocenters. The fraction of sp³-hybridized carbons (Fsp3) is 0.400. The Labute approximate surface area is 149 Å². The number of aromatic nitrogens is 5. The van der Waals surface area contributed by atoms with Crippen LogP contribution >= 0.6 is 11.3 Å². The van der Waals surface area contributed by atoms with Crippen LogP contribution in [-0.4, -0.2) is 35.2 Å². The van der Waals surface area contributed by atoms with Gasteiger partial charge in [-0.3, -0.25) is 9.36 Å². The molecule has 0 amide bonds. The maximum atomic E-state index is 14.3. The molecule has 0 aliphatic heterocycles. The molecular formula is C15H16FN5O4S. The third-order valence-electron chi connectivity index (χ3n) is 4.17. The van der Waals surface area contributed by atoms with Crippen molar-refractivity contribution in [2.45, 2.75) is 39.5 Å². The van der Waals surface area contributed by atoms with Crippen molar-refractivity contribution in [2.24, 2.45) is 0 Å². The molecule has 0 aliphatic rings. The molecule has 1 N–H and O–H groups in total. The highest BCUT2D eigenvalue weighted by atomic mass is 32.1. The molecule has 3 aromatic heterocycles. The van der Waals surface area contributed by atoms with Gasteiger partial charge in [0.1, 0.15) is 15.4 Å². The van der Waals surface area contributed by atoms with Gasteiger partial charge in [0.25, 0.3) is 5.56 Å². The molecule has 26 heavy (non-hydrogen) atoms. The van der Waals surface area contributed by atoms with Crippen molar-refractivity contribution < 1.29 is 14.3 Å². The molecule has 3 rings (SSSR count). The van der Waals surface area contributed by atoms with Gasteiger partial charge in [0.05, 0.1) is 17.8 Å². The number of alkyl halides is 1. The molecule has 1 unspecified atom stereocenters. The third-order valence-corrected chi connectivity index (χ3v) is 5.43. The van der Waals surface area contributed by atoms with Gasteiger partial charge in [-0.2, -0.15) is 10.2 Å². The van der Waals surface area contributed by atoms with Crippen LogP contribution in [0.1, 0.15) is 32.6 Å². The zero-order valence-electron chi connectivity index (χ0n) is 14.4. The number of hydrogen-bond donors (Lipinski definition) is 1. The number of fused-ring (bicyclic) bond motifs is 1. The quantitative estimate of drug-likeness (QED) is 0.731. The Hall–Kier alpha value is -2.82. The Balaban J connectivity index is 2.55. The summed E-state index contributed by atoms with van der Waals surface area (Å²) in [6.07, 6.45) is 1.12. The van der Waals surface area contributed by atoms with E-state index in [4.69, 9.17) is 0 Å². The second-order valence-corrected chi connectivity index (χ2v) is 7.24. The van der Waals surface area contributed by atoms with Crippen molar-refractivity contribution in [1.29, 1.82) is 0 Å². The van der Waals surface area contributed by atoms with E-state index < -0.39 is 29.1 Å². The fourth-order valence-electron chi connectivity index (χ4n) is 2.72. The van der Waals surface area contributed by atoms with Crippen LogP contribution in [0.4, 0.5) is 4.39 Å². The maximum absolute atomic E-state index is 14.3. The Bertz CT molecular complexity index is 1120. The SMILES string of the molecule is Cc1c(-n2nccn2)sc2c1c(=O)n(C(C)(C)C(=O)O)c(=O)n2C(C)F. The van der Waals surface area contributed by atoms with E-state index in [1.165, 1.54) is 31.0 Å². The van der Waals surface area contributed by atoms with Gasteiger partial charge < -0.3 is 5.11 Å². The number of rotatable bonds is 4. The molecular weight excluding hydrogens is 365 g/mol. The number of carbonyl (C=O) groups is 1. The summed E-state index contributed by atoms with van der Waals surface area (Å²) in [6, 6.07) is 0. The molecule has 0 radical (unpaired) electrons. The van der Waals surface area contributed by atoms with E-state index in [1.54, 1.807) is 6.92 Å². The first kappa shape index (κ1) is 18.0. The molecule has 11 heteroatoms. The van der Waals surface area contributed by atoms with Crippen molar-refractivity contribution >= 4 is 27.5 Å². The summed E-state index contributed by atoms with van der Waals surface area (Å²) in [7, 11) is 0. The van der Waals surface area contributed by atoms with E-state index in [1.807, 2.05) is 0 Å². The van der Waals surface area contributed by atoms with E-state index in [0.717, 1.165) is 22.8 Å². The normalized spacial score (nSPS) is 13.3. The molecule has 0 spiro atoms. The number of carboxylic acids is 1. The smallest absolute Gasteiger partial charge is 0.335 e. The highest BCUT2D eigenvalue weighted by molar-refractivity contribution is 7.21. The lowest BCUT2D eigenvalue weighted by molar-refractivity contribution is -0.146. The second-order valence-electron chi connectivity index (χ2n) is 6.26. The van der Waals surface area contributed by atoms with E-state index in [0.29, 0.717) is 15.1 Å². The third kappa shape index (κ3) is 2.38. The predicted octanol–water partition coefficient (Wildman–Crippen LogP) is 1.42. The van der Waals surface area contributed by atoms with Crippen molar-refractivity contribution in [3.05, 3.63) is 38.8 Å². The number of thiophene rings is 1. The predicted molar refractivity (Wildman–Crippen MR) is 92.8 cm³/mol. The minimum atomic E-state index is -1.85. The molecule has 0 aromatic carbocycles. The second kappa shape index (κ2) is 5.87. The first-order valence-electron chi connectivity index (χ1n) is 7.64. The molecule has 0 fully saturated rings. The molecule has 138 valence electrons. The van der Waals surface area contributed by atoms with Crippen molar-refractivity contribution in [3.8, 4) is 5.00 Å². The fourth-order valence-corrected chi connectivity index (χ4v) is 3.99. The van der Waals surface area contributed by atoms with E-state index in [9.17, 15) is 23.9 Å². The number of halogens is 1. The van der Waals surface area contributed by atoms with Crippen LogP contribution in [0, 0.1) is 6.92 Å². The minimum Gasteiger partial charge on any atom is -0.480 e. The van der Waals surface area contributed by atoms with Gasteiger partial charge in [0.15, 0.2) is 6.30 Å². The lowest BCUT2D eigenvalue weighted by Crippen LogP contribution is -2.52. The number of aryl methyl sites for hydroxylation is 1. The number of aliphatic carboxylic acids is 1. The standard InChI is InChI=1S/C15H16FN5O4S/c1-7-9-10(22)20(15(3,4)13(23)24)14(25)19(8(2)16)12(9)26-11(7)21-17-5-6-18-21/h5-6,8H,1-4H3,(H,23,24). The molecule has 3 heterocycles. The van der Waals surface area contributed by atoms with E-state index >= 15 is 0 Å². The van der Waals surface area contributed by atoms with E-state index in [-0.39, 0.29) is 10.2 Å². The maximum Gasteiger partial charge on any atom is 0.335 e. The van der Waals surface area contributed by atoms with Gasteiger partial charge in [-0.15, -0.1) is 4.80 Å². The highest BCUT2D eigenvalue weighted by Crippen LogP contribution is 2.32. The highest BCUT2D eigenvalue weighted by Gasteiger charge is 2.36. The van der Waals surface area contributed by atoms with Crippen molar-refractivity contribution in [1.82, 2.24) is 24.1 Å². The van der Waals surface area contributed by atoms with Crippen LogP contribution in [0.25, 0.3) is 15.2 Å². The Morgan fingerprint density at radius 2 is 1.88 bits per heavy atom. The minimum absolute atomic E-state index is 0.0701. The summed E-state index contributed by atoms with van der Waals surface area (Å²) in [5.74, 6) is -1.38. The lowest BCUT2D eigenvalue weighted by atomic mass is 10.1. The number of nitrogens with zero attached hydrogens (tertiary/aromatic N) is 5. The Morgan fingerprint density at radius 3 is 2.38 bits per heavy atom. The topological polar surface area (TPSA) is 112 Å². The Kier molecular flexibility index (Phi) is 4.06. The van der Waals surface area contributed by atoms with Crippen LogP contribution in [0.15, 0.2) is 22.0 Å². The van der Waals surface area contributed by atoms with Gasteiger partial charge in [-0.05, 0) is 27.7 Å². The Morgan fingerprint density at radius 1 is 1.31 bits per heavy atom. The van der Waals surface area contributed by atoms with Crippen LogP contribution in [0.5, 0.6) is 0 Å². The molecule has 0 saturated heterocycles. The van der Waals surface area contributed by atoms with Crippen molar-refractivity contribution in [2.75, 3.05) is 0 Å². The number of carboxylic acid groups (broad SMARTS) is 1. The first-order chi connectivity index (χ1) is 12.1. The monoisotopic (exact) mass is 381 g/mol. The van der Waals surface area contributed by atoms with E-state index in [2.05, 4.69) is 10.2 Å². The van der Waals surface area contributed by atoms with Gasteiger partial charge in [-0.25, -0.2) is 18.5 Å². The van der Waals surface area contributed by atoms with Crippen LogP contribution < -0.4 is 11.2 Å². The molecule has 0 saturated carbocycles. The van der Waals surface area contributed by atoms with Crippen LogP contribution in [0.3, 0.4) is 0 Å². The summed E-state index contributed by atoms with van der Waals surface area (Å²) in [6.45, 7) is 5.20. The first-order valence-corrected chi connectivity index (χ1v) is 8.46. The summed E-state index contributed by atoms with van der Waals surface area (Å²) in [5.41, 5.74) is -3.22. The largest absolute Gasteiger partial charge is 0.480 e. The summed E-state index contributed by atoms with van der Waals surface area (Å²) >= 11 is 0.993. The molecule has 0 aliphatic carbocycles. The average molecular weight is 381 g/mol. The average Bonchev–Trinajstić information content (AvgIpc) is 3.14. The summed E-state index contributed by atoms with van der Waals surface area (Å²) < 4.78 is 15.6.